The lowest BCUT2D eigenvalue weighted by molar-refractivity contribution is 0.478. The van der Waals surface area contributed by atoms with Gasteiger partial charge in [-0.25, -0.2) is 0 Å². The van der Waals surface area contributed by atoms with Crippen molar-refractivity contribution in [2.45, 2.75) is 26.7 Å². The van der Waals surface area contributed by atoms with Gasteiger partial charge in [-0.15, -0.1) is 11.3 Å². The van der Waals surface area contributed by atoms with Crippen LogP contribution in [-0.2, 0) is 6.42 Å². The molecule has 1 N–H and O–H groups in total. The van der Waals surface area contributed by atoms with E-state index in [1.807, 2.05) is 18.4 Å². The summed E-state index contributed by atoms with van der Waals surface area (Å²) in [5.74, 6) is 1.72. The van der Waals surface area contributed by atoms with Crippen molar-refractivity contribution in [2.75, 3.05) is 27.2 Å². The summed E-state index contributed by atoms with van der Waals surface area (Å²) in [4.78, 5) is 7.94. The van der Waals surface area contributed by atoms with E-state index in [4.69, 9.17) is 0 Å². The van der Waals surface area contributed by atoms with Crippen molar-refractivity contribution in [1.82, 2.24) is 10.2 Å². The van der Waals surface area contributed by atoms with Gasteiger partial charge in [0, 0.05) is 32.1 Å². The Kier molecular flexibility index (Phi) is 6.80. The molecular formula is C14H25N3S. The fraction of sp³-hybridized carbons (Fsp3) is 0.643. The number of nitrogens with zero attached hydrogens (tertiary/aromatic N) is 2. The summed E-state index contributed by atoms with van der Waals surface area (Å²) in [5, 5.41) is 5.54. The maximum atomic E-state index is 4.32. The molecule has 0 atom stereocenters. The van der Waals surface area contributed by atoms with Crippen molar-refractivity contribution in [2.24, 2.45) is 10.9 Å². The molecule has 18 heavy (non-hydrogen) atoms. The Morgan fingerprint density at radius 2 is 2.28 bits per heavy atom. The molecule has 1 rings (SSSR count). The summed E-state index contributed by atoms with van der Waals surface area (Å²) in [5.41, 5.74) is 0. The summed E-state index contributed by atoms with van der Waals surface area (Å²) >= 11 is 1.82. The first-order chi connectivity index (χ1) is 8.63. The third-order valence-electron chi connectivity index (χ3n) is 2.85. The van der Waals surface area contributed by atoms with Crippen LogP contribution < -0.4 is 5.32 Å². The molecule has 0 amide bonds. The predicted octanol–water partition coefficient (Wildman–Crippen LogP) is 2.84. The smallest absolute Gasteiger partial charge is 0.193 e. The Bertz CT molecular complexity index is 344. The highest BCUT2D eigenvalue weighted by Crippen LogP contribution is 2.09. The second kappa shape index (κ2) is 8.14. The highest BCUT2D eigenvalue weighted by atomic mass is 32.1. The second-order valence-electron chi connectivity index (χ2n) is 4.91. The largest absolute Gasteiger partial charge is 0.356 e. The quantitative estimate of drug-likeness (QED) is 0.634. The number of hydrogen-bond donors (Lipinski definition) is 1. The van der Waals surface area contributed by atoms with Crippen molar-refractivity contribution in [3.05, 3.63) is 22.4 Å². The lowest BCUT2D eigenvalue weighted by Crippen LogP contribution is -2.40. The zero-order valence-electron chi connectivity index (χ0n) is 11.9. The molecular weight excluding hydrogens is 242 g/mol. The van der Waals surface area contributed by atoms with Crippen LogP contribution in [0.2, 0.25) is 0 Å². The van der Waals surface area contributed by atoms with Gasteiger partial charge >= 0.3 is 0 Å². The van der Waals surface area contributed by atoms with Gasteiger partial charge in [-0.3, -0.25) is 4.99 Å². The molecule has 0 aromatic carbocycles. The van der Waals surface area contributed by atoms with Crippen molar-refractivity contribution >= 4 is 17.3 Å². The standard InChI is InChI=1S/C14H25N3S/c1-12(2)7-9-16-14(15-3)17(4)10-8-13-6-5-11-18-13/h5-6,11-12H,7-10H2,1-4H3,(H,15,16). The monoisotopic (exact) mass is 267 g/mol. The molecule has 0 spiro atoms. The molecule has 1 heterocycles. The first-order valence-corrected chi connectivity index (χ1v) is 7.45. The number of hydrogen-bond acceptors (Lipinski definition) is 2. The lowest BCUT2D eigenvalue weighted by Gasteiger charge is -2.22. The van der Waals surface area contributed by atoms with Gasteiger partial charge in [-0.1, -0.05) is 19.9 Å². The van der Waals surface area contributed by atoms with Crippen LogP contribution in [0.5, 0.6) is 0 Å². The van der Waals surface area contributed by atoms with Crippen molar-refractivity contribution < 1.29 is 0 Å². The van der Waals surface area contributed by atoms with E-state index in [-0.39, 0.29) is 0 Å². The Morgan fingerprint density at radius 3 is 2.83 bits per heavy atom. The molecule has 0 aliphatic heterocycles. The topological polar surface area (TPSA) is 27.6 Å². The van der Waals surface area contributed by atoms with Crippen molar-refractivity contribution in [3.8, 4) is 0 Å². The average Bonchev–Trinajstić information content (AvgIpc) is 2.84. The molecule has 0 radical (unpaired) electrons. The minimum absolute atomic E-state index is 0.729. The fourth-order valence-electron chi connectivity index (χ4n) is 1.70. The van der Waals surface area contributed by atoms with Crippen LogP contribution in [0.3, 0.4) is 0 Å². The molecule has 0 saturated heterocycles. The van der Waals surface area contributed by atoms with Gasteiger partial charge in [0.25, 0.3) is 0 Å². The highest BCUT2D eigenvalue weighted by Gasteiger charge is 2.06. The third-order valence-corrected chi connectivity index (χ3v) is 3.79. The first-order valence-electron chi connectivity index (χ1n) is 6.57. The Hall–Kier alpha value is -1.03. The van der Waals surface area contributed by atoms with Crippen LogP contribution in [0, 0.1) is 5.92 Å². The third kappa shape index (κ3) is 5.54. The summed E-state index contributed by atoms with van der Waals surface area (Å²) in [7, 11) is 3.94. The van der Waals surface area contributed by atoms with E-state index >= 15 is 0 Å². The molecule has 0 unspecified atom stereocenters. The van der Waals surface area contributed by atoms with E-state index in [0.29, 0.717) is 0 Å². The number of rotatable bonds is 6. The van der Waals surface area contributed by atoms with Crippen molar-refractivity contribution in [1.29, 1.82) is 0 Å². The fourth-order valence-corrected chi connectivity index (χ4v) is 2.39. The van der Waals surface area contributed by atoms with Crippen LogP contribution in [0.1, 0.15) is 25.1 Å². The van der Waals surface area contributed by atoms with E-state index in [2.05, 4.69) is 53.6 Å². The Morgan fingerprint density at radius 1 is 1.50 bits per heavy atom. The second-order valence-corrected chi connectivity index (χ2v) is 5.94. The van der Waals surface area contributed by atoms with Crippen LogP contribution in [0.4, 0.5) is 0 Å². The molecule has 0 bridgehead atoms. The molecule has 0 aliphatic rings. The first kappa shape index (κ1) is 15.0. The summed E-state index contributed by atoms with van der Waals surface area (Å²) < 4.78 is 0. The van der Waals surface area contributed by atoms with Gasteiger partial charge in [0.15, 0.2) is 5.96 Å². The molecule has 0 saturated carbocycles. The number of guanidine groups is 1. The van der Waals surface area contributed by atoms with Gasteiger partial charge < -0.3 is 10.2 Å². The zero-order chi connectivity index (χ0) is 13.4. The molecule has 102 valence electrons. The summed E-state index contributed by atoms with van der Waals surface area (Å²) in [6.07, 6.45) is 2.26. The van der Waals surface area contributed by atoms with Crippen LogP contribution in [0.15, 0.2) is 22.5 Å². The SMILES string of the molecule is CN=C(NCCC(C)C)N(C)CCc1cccs1. The predicted molar refractivity (Wildman–Crippen MR) is 81.5 cm³/mol. The Balaban J connectivity index is 2.31. The Labute approximate surface area is 115 Å². The molecule has 1 aromatic rings. The van der Waals surface area contributed by atoms with Crippen LogP contribution in [0.25, 0.3) is 0 Å². The van der Waals surface area contributed by atoms with Gasteiger partial charge in [-0.2, -0.15) is 0 Å². The van der Waals surface area contributed by atoms with E-state index in [0.717, 1.165) is 31.4 Å². The number of aliphatic imine (C=N–C) groups is 1. The molecule has 3 nitrogen and oxygen atoms in total. The number of nitrogens with one attached hydrogen (secondary N) is 1. The summed E-state index contributed by atoms with van der Waals surface area (Å²) in [6.45, 7) is 6.48. The van der Waals surface area contributed by atoms with Gasteiger partial charge in [0.2, 0.25) is 0 Å². The van der Waals surface area contributed by atoms with Crippen LogP contribution in [-0.4, -0.2) is 38.0 Å². The minimum atomic E-state index is 0.729. The average molecular weight is 267 g/mol. The molecule has 4 heteroatoms. The molecule has 1 aromatic heterocycles. The molecule has 0 aliphatic carbocycles. The zero-order valence-corrected chi connectivity index (χ0v) is 12.8. The van der Waals surface area contributed by atoms with Gasteiger partial charge in [0.1, 0.15) is 0 Å². The van der Waals surface area contributed by atoms with E-state index in [1.165, 1.54) is 11.3 Å². The van der Waals surface area contributed by atoms with E-state index in [1.54, 1.807) is 0 Å². The maximum Gasteiger partial charge on any atom is 0.193 e. The minimum Gasteiger partial charge on any atom is -0.356 e. The summed E-state index contributed by atoms with van der Waals surface area (Å²) in [6, 6.07) is 4.29. The van der Waals surface area contributed by atoms with Gasteiger partial charge in [0.05, 0.1) is 0 Å². The normalized spacial score (nSPS) is 11.9. The van der Waals surface area contributed by atoms with E-state index < -0.39 is 0 Å². The number of thiophene rings is 1. The molecule has 0 fully saturated rings. The lowest BCUT2D eigenvalue weighted by atomic mass is 10.1. The van der Waals surface area contributed by atoms with E-state index in [9.17, 15) is 0 Å². The van der Waals surface area contributed by atoms with Gasteiger partial charge in [-0.05, 0) is 30.2 Å². The maximum absolute atomic E-state index is 4.32. The van der Waals surface area contributed by atoms with Crippen molar-refractivity contribution in [3.63, 3.8) is 0 Å². The van der Waals surface area contributed by atoms with Crippen LogP contribution >= 0.6 is 11.3 Å². The number of likely N-dealkylation sites (N-methyl/N-ethyl adjacent to an activating group) is 1. The highest BCUT2D eigenvalue weighted by molar-refractivity contribution is 7.09.